The number of ether oxygens (including phenoxy) is 3. The van der Waals surface area contributed by atoms with Gasteiger partial charge in [-0.25, -0.2) is 8.78 Å². The number of methoxy groups -OCH3 is 1. The number of hydrogen-bond donors (Lipinski definition) is 0. The summed E-state index contributed by atoms with van der Waals surface area (Å²) < 4.78 is 42.5. The van der Waals surface area contributed by atoms with Crippen molar-refractivity contribution < 1.29 is 27.8 Å². The molecule has 6 heteroatoms. The van der Waals surface area contributed by atoms with Gasteiger partial charge in [-0.1, -0.05) is 6.07 Å². The molecule has 1 aromatic rings. The van der Waals surface area contributed by atoms with Crippen molar-refractivity contribution in [3.63, 3.8) is 0 Å². The summed E-state index contributed by atoms with van der Waals surface area (Å²) in [6.07, 6.45) is 0.228. The summed E-state index contributed by atoms with van der Waals surface area (Å²) in [7, 11) is 1.43. The minimum absolute atomic E-state index is 0.0946. The lowest BCUT2D eigenvalue weighted by Crippen LogP contribution is -2.29. The highest BCUT2D eigenvalue weighted by Crippen LogP contribution is 2.57. The molecule has 1 aromatic carbocycles. The lowest BCUT2D eigenvalue weighted by Gasteiger charge is -2.26. The van der Waals surface area contributed by atoms with E-state index in [1.165, 1.54) is 13.2 Å². The first-order valence-corrected chi connectivity index (χ1v) is 6.78. The highest BCUT2D eigenvalue weighted by atomic mass is 19.1. The van der Waals surface area contributed by atoms with Gasteiger partial charge >= 0.3 is 5.97 Å². The molecule has 1 unspecified atom stereocenters. The fourth-order valence-corrected chi connectivity index (χ4v) is 2.38. The van der Waals surface area contributed by atoms with Gasteiger partial charge in [0.25, 0.3) is 0 Å². The predicted molar refractivity (Wildman–Crippen MR) is 70.4 cm³/mol. The van der Waals surface area contributed by atoms with Gasteiger partial charge in [-0.05, 0) is 25.8 Å². The van der Waals surface area contributed by atoms with Crippen LogP contribution in [0.25, 0.3) is 0 Å². The zero-order chi connectivity index (χ0) is 15.5. The van der Waals surface area contributed by atoms with Crippen LogP contribution >= 0.6 is 0 Å². The molecule has 0 radical (unpaired) electrons. The number of rotatable bonds is 7. The van der Waals surface area contributed by atoms with Crippen molar-refractivity contribution in [3.05, 3.63) is 35.4 Å². The molecule has 1 atom stereocenters. The van der Waals surface area contributed by atoms with Crippen LogP contribution in [0.3, 0.4) is 0 Å². The van der Waals surface area contributed by atoms with Crippen molar-refractivity contribution in [2.24, 2.45) is 5.41 Å². The number of carbonyl (C=O) groups excluding carboxylic acids is 1. The first-order chi connectivity index (χ1) is 10.0. The zero-order valence-electron chi connectivity index (χ0n) is 12.0. The van der Waals surface area contributed by atoms with Gasteiger partial charge in [0.2, 0.25) is 0 Å². The molecule has 0 saturated heterocycles. The molecule has 0 N–H and O–H groups in total. The van der Waals surface area contributed by atoms with Crippen molar-refractivity contribution in [3.8, 4) is 0 Å². The molecule has 1 aliphatic rings. The average molecular weight is 300 g/mol. The maximum absolute atomic E-state index is 14.0. The van der Waals surface area contributed by atoms with E-state index in [9.17, 15) is 13.6 Å². The molecule has 0 spiro atoms. The van der Waals surface area contributed by atoms with E-state index in [0.29, 0.717) is 12.8 Å². The van der Waals surface area contributed by atoms with Gasteiger partial charge < -0.3 is 14.2 Å². The zero-order valence-corrected chi connectivity index (χ0v) is 12.0. The second kappa shape index (κ2) is 6.49. The third kappa shape index (κ3) is 3.22. The van der Waals surface area contributed by atoms with E-state index in [4.69, 9.17) is 14.2 Å². The molecule has 1 fully saturated rings. The van der Waals surface area contributed by atoms with Crippen LogP contribution in [0.2, 0.25) is 0 Å². The second-order valence-corrected chi connectivity index (χ2v) is 5.00. The number of carbonyl (C=O) groups is 1. The van der Waals surface area contributed by atoms with Crippen molar-refractivity contribution >= 4 is 5.97 Å². The Balaban J connectivity index is 2.32. The molecule has 0 bridgehead atoms. The minimum Gasteiger partial charge on any atom is -0.465 e. The van der Waals surface area contributed by atoms with Gasteiger partial charge in [-0.15, -0.1) is 0 Å². The molecule has 4 nitrogen and oxygen atoms in total. The fourth-order valence-electron chi connectivity index (χ4n) is 2.38. The van der Waals surface area contributed by atoms with Crippen LogP contribution in [-0.2, 0) is 19.0 Å². The van der Waals surface area contributed by atoms with Crippen LogP contribution in [0.1, 0.15) is 31.4 Å². The van der Waals surface area contributed by atoms with Crippen LogP contribution in [0, 0.1) is 17.0 Å². The number of benzene rings is 1. The summed E-state index contributed by atoms with van der Waals surface area (Å²) in [6, 6.07) is 3.22. The van der Waals surface area contributed by atoms with Crippen molar-refractivity contribution in [1.82, 2.24) is 0 Å². The SMILES string of the molecule is CCOC(=O)C1(C(OCOC)c2ccc(F)cc2F)CC1. The van der Waals surface area contributed by atoms with E-state index >= 15 is 0 Å². The third-order valence-corrected chi connectivity index (χ3v) is 3.57. The highest BCUT2D eigenvalue weighted by Gasteiger charge is 2.59. The standard InChI is InChI=1S/C15H18F2O4/c1-3-20-14(18)15(6-7-15)13(21-9-19-2)11-5-4-10(16)8-12(11)17/h4-5,8,13H,3,6-7,9H2,1-2H3. The molecular formula is C15H18F2O4. The smallest absolute Gasteiger partial charge is 0.315 e. The van der Waals surface area contributed by atoms with E-state index in [2.05, 4.69) is 0 Å². The molecule has 21 heavy (non-hydrogen) atoms. The van der Waals surface area contributed by atoms with Gasteiger partial charge in [-0.3, -0.25) is 4.79 Å². The van der Waals surface area contributed by atoms with Crippen LogP contribution in [0.4, 0.5) is 8.78 Å². The van der Waals surface area contributed by atoms with Crippen molar-refractivity contribution in [2.75, 3.05) is 20.5 Å². The van der Waals surface area contributed by atoms with E-state index < -0.39 is 29.1 Å². The Kier molecular flexibility index (Phi) is 4.90. The van der Waals surface area contributed by atoms with Gasteiger partial charge in [0.1, 0.15) is 24.5 Å². The van der Waals surface area contributed by atoms with Crippen LogP contribution in [0.5, 0.6) is 0 Å². The summed E-state index contributed by atoms with van der Waals surface area (Å²) in [6.45, 7) is 1.85. The lowest BCUT2D eigenvalue weighted by atomic mass is 9.92. The first kappa shape index (κ1) is 15.9. The summed E-state index contributed by atoms with van der Waals surface area (Å²) in [4.78, 5) is 12.1. The number of hydrogen-bond acceptors (Lipinski definition) is 4. The minimum atomic E-state index is -0.910. The molecule has 1 aliphatic carbocycles. The molecule has 0 heterocycles. The molecule has 1 saturated carbocycles. The number of esters is 1. The van der Waals surface area contributed by atoms with Gasteiger partial charge in [0.15, 0.2) is 0 Å². The normalized spacial score (nSPS) is 17.3. The molecule has 0 amide bonds. The van der Waals surface area contributed by atoms with Crippen molar-refractivity contribution in [2.45, 2.75) is 25.9 Å². The van der Waals surface area contributed by atoms with Gasteiger partial charge in [0.05, 0.1) is 12.0 Å². The van der Waals surface area contributed by atoms with Gasteiger partial charge in [-0.2, -0.15) is 0 Å². The molecule has 116 valence electrons. The number of halogens is 2. The Morgan fingerprint density at radius 3 is 2.62 bits per heavy atom. The van der Waals surface area contributed by atoms with Crippen LogP contribution < -0.4 is 0 Å². The topological polar surface area (TPSA) is 44.8 Å². The molecule has 0 aromatic heterocycles. The first-order valence-electron chi connectivity index (χ1n) is 6.78. The monoisotopic (exact) mass is 300 g/mol. The summed E-state index contributed by atoms with van der Waals surface area (Å²) >= 11 is 0. The quantitative estimate of drug-likeness (QED) is 0.573. The second-order valence-electron chi connectivity index (χ2n) is 5.00. The van der Waals surface area contributed by atoms with E-state index in [1.54, 1.807) is 6.92 Å². The summed E-state index contributed by atoms with van der Waals surface area (Å²) in [5.41, 5.74) is -0.772. The van der Waals surface area contributed by atoms with E-state index in [1.807, 2.05) is 0 Å². The van der Waals surface area contributed by atoms with Crippen LogP contribution in [-0.4, -0.2) is 26.5 Å². The van der Waals surface area contributed by atoms with Gasteiger partial charge in [0, 0.05) is 18.7 Å². The summed E-state index contributed by atoms with van der Waals surface area (Å²) in [5, 5.41) is 0. The maximum Gasteiger partial charge on any atom is 0.315 e. The Labute approximate surface area is 122 Å². The lowest BCUT2D eigenvalue weighted by molar-refractivity contribution is -0.163. The van der Waals surface area contributed by atoms with E-state index in [-0.39, 0.29) is 19.0 Å². The largest absolute Gasteiger partial charge is 0.465 e. The van der Waals surface area contributed by atoms with Crippen molar-refractivity contribution in [1.29, 1.82) is 0 Å². The molecule has 2 rings (SSSR count). The molecular weight excluding hydrogens is 282 g/mol. The summed E-state index contributed by atoms with van der Waals surface area (Å²) in [5.74, 6) is -1.84. The Morgan fingerprint density at radius 1 is 1.38 bits per heavy atom. The van der Waals surface area contributed by atoms with E-state index in [0.717, 1.165) is 12.1 Å². The Hall–Kier alpha value is -1.53. The Morgan fingerprint density at radius 2 is 2.10 bits per heavy atom. The highest BCUT2D eigenvalue weighted by molar-refractivity contribution is 5.81. The maximum atomic E-state index is 14.0. The average Bonchev–Trinajstić information content (AvgIpc) is 3.23. The fraction of sp³-hybridized carbons (Fsp3) is 0.533. The Bertz CT molecular complexity index is 514. The van der Waals surface area contributed by atoms with Crippen LogP contribution in [0.15, 0.2) is 18.2 Å². The predicted octanol–water partition coefficient (Wildman–Crippen LogP) is 2.97. The third-order valence-electron chi connectivity index (χ3n) is 3.57. The molecule has 0 aliphatic heterocycles.